The molecule has 3 aromatic heterocycles. The minimum atomic E-state index is 0.506. The zero-order valence-electron chi connectivity index (χ0n) is 12.4. The third-order valence-corrected chi connectivity index (χ3v) is 3.91. The molecule has 0 aliphatic heterocycles. The van der Waals surface area contributed by atoms with Crippen molar-refractivity contribution in [3.8, 4) is 11.4 Å². The Morgan fingerprint density at radius 3 is 2.95 bits per heavy atom. The Hall–Kier alpha value is -2.82. The average molecular weight is 291 g/mol. The van der Waals surface area contributed by atoms with E-state index in [1.807, 2.05) is 22.7 Å². The van der Waals surface area contributed by atoms with Crippen molar-refractivity contribution in [1.82, 2.24) is 19.4 Å². The molecule has 5 heteroatoms. The lowest BCUT2D eigenvalue weighted by atomic mass is 10.2. The summed E-state index contributed by atoms with van der Waals surface area (Å²) in [7, 11) is 0. The van der Waals surface area contributed by atoms with Crippen molar-refractivity contribution < 1.29 is 0 Å². The fourth-order valence-electron chi connectivity index (χ4n) is 2.91. The summed E-state index contributed by atoms with van der Waals surface area (Å²) in [5.41, 5.74) is 9.92. The third-order valence-electron chi connectivity index (χ3n) is 3.91. The van der Waals surface area contributed by atoms with Crippen molar-refractivity contribution in [2.24, 2.45) is 0 Å². The zero-order valence-corrected chi connectivity index (χ0v) is 12.4. The van der Waals surface area contributed by atoms with Crippen LogP contribution in [0, 0.1) is 0 Å². The van der Waals surface area contributed by atoms with Crippen LogP contribution in [-0.2, 0) is 6.42 Å². The van der Waals surface area contributed by atoms with Gasteiger partial charge in [0.1, 0.15) is 22.9 Å². The average Bonchev–Trinajstić information content (AvgIpc) is 3.10. The highest BCUT2D eigenvalue weighted by Crippen LogP contribution is 2.30. The number of H-pyrrole nitrogens is 1. The zero-order chi connectivity index (χ0) is 15.1. The molecule has 5 nitrogen and oxygen atoms in total. The van der Waals surface area contributed by atoms with Gasteiger partial charge in [-0.2, -0.15) is 0 Å². The van der Waals surface area contributed by atoms with Crippen molar-refractivity contribution in [3.63, 3.8) is 0 Å². The second-order valence-corrected chi connectivity index (χ2v) is 5.43. The van der Waals surface area contributed by atoms with Gasteiger partial charge in [-0.25, -0.2) is 9.97 Å². The van der Waals surface area contributed by atoms with E-state index in [0.29, 0.717) is 5.82 Å². The Kier molecular flexibility index (Phi) is 2.85. The van der Waals surface area contributed by atoms with Crippen molar-refractivity contribution >= 4 is 22.2 Å². The number of benzene rings is 1. The van der Waals surface area contributed by atoms with Crippen molar-refractivity contribution in [2.45, 2.75) is 19.8 Å². The summed E-state index contributed by atoms with van der Waals surface area (Å²) in [6.45, 7) is 2.15. The summed E-state index contributed by atoms with van der Waals surface area (Å²) < 4.78 is 2.05. The first-order chi connectivity index (χ1) is 10.8. The van der Waals surface area contributed by atoms with Crippen LogP contribution in [0.1, 0.15) is 19.2 Å². The molecule has 0 saturated carbocycles. The topological polar surface area (TPSA) is 72.0 Å². The van der Waals surface area contributed by atoms with Crippen molar-refractivity contribution in [3.05, 3.63) is 48.5 Å². The first-order valence-corrected chi connectivity index (χ1v) is 7.47. The van der Waals surface area contributed by atoms with Gasteiger partial charge in [-0.05, 0) is 18.6 Å². The van der Waals surface area contributed by atoms with Crippen molar-refractivity contribution in [1.29, 1.82) is 0 Å². The lowest BCUT2D eigenvalue weighted by Crippen LogP contribution is -1.98. The fraction of sp³-hybridized carbons (Fsp3) is 0.176. The number of nitrogen functional groups attached to an aromatic ring is 1. The number of hydrogen-bond donors (Lipinski definition) is 2. The number of rotatable bonds is 3. The van der Waals surface area contributed by atoms with Crippen LogP contribution in [0.5, 0.6) is 0 Å². The fourth-order valence-corrected chi connectivity index (χ4v) is 2.91. The van der Waals surface area contributed by atoms with Gasteiger partial charge in [0.15, 0.2) is 0 Å². The van der Waals surface area contributed by atoms with Crippen molar-refractivity contribution in [2.75, 3.05) is 5.73 Å². The first kappa shape index (κ1) is 12.9. The van der Waals surface area contributed by atoms with E-state index in [4.69, 9.17) is 10.7 Å². The molecule has 0 spiro atoms. The second kappa shape index (κ2) is 4.87. The van der Waals surface area contributed by atoms with Gasteiger partial charge < -0.3 is 10.7 Å². The van der Waals surface area contributed by atoms with Gasteiger partial charge in [0.05, 0.1) is 5.69 Å². The summed E-state index contributed by atoms with van der Waals surface area (Å²) in [4.78, 5) is 12.5. The number of hydrogen-bond acceptors (Lipinski definition) is 3. The molecule has 0 unspecified atom stereocenters. The SMILES string of the molecule is CCCc1nc(-c2cc3ccccc3[nH]2)c2c(N)nccn12. The van der Waals surface area contributed by atoms with Gasteiger partial charge in [0, 0.05) is 29.7 Å². The molecular weight excluding hydrogens is 274 g/mol. The molecule has 0 aliphatic rings. The molecule has 0 amide bonds. The maximum Gasteiger partial charge on any atom is 0.150 e. The number of fused-ring (bicyclic) bond motifs is 2. The Balaban J connectivity index is 2.01. The number of nitrogens with two attached hydrogens (primary N) is 1. The molecule has 0 atom stereocenters. The maximum atomic E-state index is 6.11. The first-order valence-electron chi connectivity index (χ1n) is 7.47. The Bertz CT molecular complexity index is 931. The van der Waals surface area contributed by atoms with E-state index in [1.165, 1.54) is 0 Å². The number of imidazole rings is 1. The van der Waals surface area contributed by atoms with Gasteiger partial charge >= 0.3 is 0 Å². The smallest absolute Gasteiger partial charge is 0.150 e. The minimum absolute atomic E-state index is 0.506. The Morgan fingerprint density at radius 1 is 1.27 bits per heavy atom. The van der Waals surface area contributed by atoms with E-state index >= 15 is 0 Å². The van der Waals surface area contributed by atoms with E-state index in [2.05, 4.69) is 35.1 Å². The second-order valence-electron chi connectivity index (χ2n) is 5.43. The van der Waals surface area contributed by atoms with Gasteiger partial charge in [-0.1, -0.05) is 25.1 Å². The molecule has 3 heterocycles. The molecule has 4 rings (SSSR count). The standard InChI is InChI=1S/C17H17N5/c1-2-5-14-21-15(16-17(18)19-8-9-22(14)16)13-10-11-6-3-4-7-12(11)20-13/h3-4,6-10,20H,2,5H2,1H3,(H2,18,19). The minimum Gasteiger partial charge on any atom is -0.382 e. The maximum absolute atomic E-state index is 6.11. The van der Waals surface area contributed by atoms with Gasteiger partial charge in [0.25, 0.3) is 0 Å². The molecule has 0 aliphatic carbocycles. The monoisotopic (exact) mass is 291 g/mol. The number of aromatic amines is 1. The largest absolute Gasteiger partial charge is 0.382 e. The number of aryl methyl sites for hydroxylation is 1. The third kappa shape index (κ3) is 1.86. The van der Waals surface area contributed by atoms with Crippen LogP contribution >= 0.6 is 0 Å². The highest BCUT2D eigenvalue weighted by molar-refractivity contribution is 5.91. The molecule has 0 fully saturated rings. The molecule has 0 radical (unpaired) electrons. The number of anilines is 1. The van der Waals surface area contributed by atoms with E-state index in [-0.39, 0.29) is 0 Å². The van der Waals surface area contributed by atoms with E-state index in [0.717, 1.165) is 46.5 Å². The van der Waals surface area contributed by atoms with Crippen LogP contribution in [-0.4, -0.2) is 19.4 Å². The van der Waals surface area contributed by atoms with E-state index in [1.54, 1.807) is 6.20 Å². The molecule has 22 heavy (non-hydrogen) atoms. The molecule has 110 valence electrons. The quantitative estimate of drug-likeness (QED) is 0.607. The van der Waals surface area contributed by atoms with Crippen LogP contribution in [0.4, 0.5) is 5.82 Å². The molecular formula is C17H17N5. The summed E-state index contributed by atoms with van der Waals surface area (Å²) in [6, 6.07) is 10.3. The van der Waals surface area contributed by atoms with Gasteiger partial charge in [-0.3, -0.25) is 4.40 Å². The summed E-state index contributed by atoms with van der Waals surface area (Å²) in [5.74, 6) is 1.52. The highest BCUT2D eigenvalue weighted by atomic mass is 15.1. The van der Waals surface area contributed by atoms with Crippen LogP contribution in [0.2, 0.25) is 0 Å². The molecule has 4 aromatic rings. The van der Waals surface area contributed by atoms with Gasteiger partial charge in [-0.15, -0.1) is 0 Å². The summed E-state index contributed by atoms with van der Waals surface area (Å²) >= 11 is 0. The summed E-state index contributed by atoms with van der Waals surface area (Å²) in [5, 5.41) is 1.16. The normalized spacial score (nSPS) is 11.5. The lowest BCUT2D eigenvalue weighted by Gasteiger charge is -2.01. The van der Waals surface area contributed by atoms with E-state index < -0.39 is 0 Å². The molecule has 3 N–H and O–H groups in total. The van der Waals surface area contributed by atoms with Crippen LogP contribution in [0.25, 0.3) is 27.8 Å². The summed E-state index contributed by atoms with van der Waals surface area (Å²) in [6.07, 6.45) is 5.59. The van der Waals surface area contributed by atoms with Crippen LogP contribution in [0.3, 0.4) is 0 Å². The van der Waals surface area contributed by atoms with Crippen LogP contribution < -0.4 is 5.73 Å². The highest BCUT2D eigenvalue weighted by Gasteiger charge is 2.16. The Morgan fingerprint density at radius 2 is 2.14 bits per heavy atom. The molecule has 0 bridgehead atoms. The Labute approximate surface area is 127 Å². The van der Waals surface area contributed by atoms with E-state index in [9.17, 15) is 0 Å². The number of aromatic nitrogens is 4. The predicted molar refractivity (Wildman–Crippen MR) is 88.7 cm³/mol. The molecule has 0 saturated heterocycles. The predicted octanol–water partition coefficient (Wildman–Crippen LogP) is 3.41. The molecule has 1 aromatic carbocycles. The number of nitrogens with zero attached hydrogens (tertiary/aromatic N) is 3. The number of para-hydroxylation sites is 1. The van der Waals surface area contributed by atoms with Crippen LogP contribution in [0.15, 0.2) is 42.7 Å². The van der Waals surface area contributed by atoms with Gasteiger partial charge in [0.2, 0.25) is 0 Å². The number of nitrogens with one attached hydrogen (secondary N) is 1. The lowest BCUT2D eigenvalue weighted by molar-refractivity contribution is 0.829.